The number of ether oxygens (including phenoxy) is 2. The van der Waals surface area contributed by atoms with Gasteiger partial charge in [0.2, 0.25) is 5.88 Å². The molecule has 0 saturated heterocycles. The standard InChI is InChI=1S/C13H12Cl2N2O2/c1-18-8-12-16-11(15)6-13(17-12)19-7-9-3-2-4-10(14)5-9/h2-6H,7-8H2,1H3. The van der Waals surface area contributed by atoms with Crippen LogP contribution in [-0.4, -0.2) is 17.1 Å². The molecule has 100 valence electrons. The number of hydrogen-bond acceptors (Lipinski definition) is 4. The zero-order valence-electron chi connectivity index (χ0n) is 10.3. The van der Waals surface area contributed by atoms with Crippen LogP contribution in [0.5, 0.6) is 5.88 Å². The van der Waals surface area contributed by atoms with E-state index < -0.39 is 0 Å². The highest BCUT2D eigenvalue weighted by atomic mass is 35.5. The summed E-state index contributed by atoms with van der Waals surface area (Å²) >= 11 is 11.8. The van der Waals surface area contributed by atoms with Crippen molar-refractivity contribution >= 4 is 23.2 Å². The highest BCUT2D eigenvalue weighted by Crippen LogP contribution is 2.17. The van der Waals surface area contributed by atoms with Gasteiger partial charge in [-0.05, 0) is 17.7 Å². The van der Waals surface area contributed by atoms with E-state index >= 15 is 0 Å². The van der Waals surface area contributed by atoms with Crippen molar-refractivity contribution in [3.8, 4) is 5.88 Å². The molecule has 0 aliphatic rings. The summed E-state index contributed by atoms with van der Waals surface area (Å²) in [6, 6.07) is 8.99. The molecule has 1 aromatic carbocycles. The average molecular weight is 299 g/mol. The third kappa shape index (κ3) is 4.35. The summed E-state index contributed by atoms with van der Waals surface area (Å²) < 4.78 is 10.5. The summed E-state index contributed by atoms with van der Waals surface area (Å²) in [5, 5.41) is 0.991. The van der Waals surface area contributed by atoms with Crippen molar-refractivity contribution in [3.63, 3.8) is 0 Å². The lowest BCUT2D eigenvalue weighted by Gasteiger charge is -2.07. The third-order valence-electron chi connectivity index (χ3n) is 2.27. The molecule has 0 spiro atoms. The maximum atomic E-state index is 5.90. The summed E-state index contributed by atoms with van der Waals surface area (Å²) in [7, 11) is 1.57. The first-order valence-electron chi connectivity index (χ1n) is 5.57. The van der Waals surface area contributed by atoms with E-state index in [2.05, 4.69) is 9.97 Å². The number of rotatable bonds is 5. The van der Waals surface area contributed by atoms with Crippen LogP contribution in [0.2, 0.25) is 10.2 Å². The van der Waals surface area contributed by atoms with Crippen molar-refractivity contribution in [1.29, 1.82) is 0 Å². The van der Waals surface area contributed by atoms with Gasteiger partial charge in [-0.2, -0.15) is 4.98 Å². The van der Waals surface area contributed by atoms with Crippen molar-refractivity contribution in [3.05, 3.63) is 51.9 Å². The van der Waals surface area contributed by atoms with Gasteiger partial charge in [-0.1, -0.05) is 35.3 Å². The van der Waals surface area contributed by atoms with Crippen LogP contribution in [0, 0.1) is 0 Å². The quantitative estimate of drug-likeness (QED) is 0.793. The predicted octanol–water partition coefficient (Wildman–Crippen LogP) is 3.51. The molecule has 1 heterocycles. The van der Waals surface area contributed by atoms with Crippen LogP contribution in [-0.2, 0) is 18.0 Å². The second-order valence-electron chi connectivity index (χ2n) is 3.80. The van der Waals surface area contributed by atoms with Gasteiger partial charge in [0.15, 0.2) is 5.82 Å². The van der Waals surface area contributed by atoms with Gasteiger partial charge in [0.05, 0.1) is 0 Å². The molecule has 0 fully saturated rings. The number of benzene rings is 1. The molecule has 1 aromatic heterocycles. The Hall–Kier alpha value is -1.36. The highest BCUT2D eigenvalue weighted by molar-refractivity contribution is 6.30. The smallest absolute Gasteiger partial charge is 0.218 e. The van der Waals surface area contributed by atoms with E-state index in [0.717, 1.165) is 5.56 Å². The molecule has 19 heavy (non-hydrogen) atoms. The van der Waals surface area contributed by atoms with Gasteiger partial charge in [0, 0.05) is 18.2 Å². The molecular formula is C13H12Cl2N2O2. The van der Waals surface area contributed by atoms with Crippen molar-refractivity contribution in [2.45, 2.75) is 13.2 Å². The number of halogens is 2. The molecule has 4 nitrogen and oxygen atoms in total. The lowest BCUT2D eigenvalue weighted by Crippen LogP contribution is -2.02. The van der Waals surface area contributed by atoms with Crippen LogP contribution in [0.1, 0.15) is 11.4 Å². The van der Waals surface area contributed by atoms with E-state index in [0.29, 0.717) is 28.5 Å². The van der Waals surface area contributed by atoms with Crippen LogP contribution in [0.15, 0.2) is 30.3 Å². The fourth-order valence-corrected chi connectivity index (χ4v) is 1.90. The Balaban J connectivity index is 2.06. The number of hydrogen-bond donors (Lipinski definition) is 0. The van der Waals surface area contributed by atoms with Crippen molar-refractivity contribution in [1.82, 2.24) is 9.97 Å². The van der Waals surface area contributed by atoms with Gasteiger partial charge >= 0.3 is 0 Å². The first-order chi connectivity index (χ1) is 9.17. The van der Waals surface area contributed by atoms with Crippen molar-refractivity contribution in [2.75, 3.05) is 7.11 Å². The molecule has 6 heteroatoms. The second-order valence-corrected chi connectivity index (χ2v) is 4.62. The summed E-state index contributed by atoms with van der Waals surface area (Å²) in [4.78, 5) is 8.21. The van der Waals surface area contributed by atoms with E-state index in [-0.39, 0.29) is 6.61 Å². The number of nitrogens with zero attached hydrogens (tertiary/aromatic N) is 2. The maximum absolute atomic E-state index is 5.90. The predicted molar refractivity (Wildman–Crippen MR) is 73.5 cm³/mol. The SMILES string of the molecule is COCc1nc(Cl)cc(OCc2cccc(Cl)c2)n1. The minimum atomic E-state index is 0.286. The van der Waals surface area contributed by atoms with Gasteiger partial charge in [0.1, 0.15) is 18.4 Å². The number of aromatic nitrogens is 2. The summed E-state index contributed by atoms with van der Waals surface area (Å²) in [5.41, 5.74) is 0.954. The monoisotopic (exact) mass is 298 g/mol. The topological polar surface area (TPSA) is 44.2 Å². The molecule has 0 radical (unpaired) electrons. The molecule has 0 aliphatic carbocycles. The first-order valence-corrected chi connectivity index (χ1v) is 6.32. The molecule has 0 unspecified atom stereocenters. The van der Waals surface area contributed by atoms with Gasteiger partial charge in [-0.15, -0.1) is 0 Å². The Kier molecular flexibility index (Phi) is 4.96. The Bertz CT molecular complexity index is 564. The van der Waals surface area contributed by atoms with E-state index in [1.54, 1.807) is 13.2 Å². The van der Waals surface area contributed by atoms with Gasteiger partial charge in [0.25, 0.3) is 0 Å². The molecule has 2 aromatic rings. The molecule has 0 aliphatic heterocycles. The Morgan fingerprint density at radius 3 is 2.68 bits per heavy atom. The van der Waals surface area contributed by atoms with Gasteiger partial charge < -0.3 is 9.47 Å². The average Bonchev–Trinajstić information content (AvgIpc) is 2.36. The van der Waals surface area contributed by atoms with Crippen molar-refractivity contribution < 1.29 is 9.47 Å². The molecule has 0 saturated carbocycles. The van der Waals surface area contributed by atoms with Crippen LogP contribution in [0.4, 0.5) is 0 Å². The minimum absolute atomic E-state index is 0.286. The fourth-order valence-electron chi connectivity index (χ4n) is 1.49. The Morgan fingerprint density at radius 2 is 1.95 bits per heavy atom. The molecular weight excluding hydrogens is 287 g/mol. The lowest BCUT2D eigenvalue weighted by atomic mass is 10.2. The maximum Gasteiger partial charge on any atom is 0.218 e. The summed E-state index contributed by atoms with van der Waals surface area (Å²) in [6.45, 7) is 0.647. The Labute approximate surface area is 121 Å². The van der Waals surface area contributed by atoms with E-state index in [4.69, 9.17) is 32.7 Å². The molecule has 2 rings (SSSR count). The van der Waals surface area contributed by atoms with Crippen LogP contribution >= 0.6 is 23.2 Å². The zero-order chi connectivity index (χ0) is 13.7. The van der Waals surface area contributed by atoms with Gasteiger partial charge in [-0.3, -0.25) is 0 Å². The largest absolute Gasteiger partial charge is 0.473 e. The van der Waals surface area contributed by atoms with E-state index in [9.17, 15) is 0 Å². The lowest BCUT2D eigenvalue weighted by molar-refractivity contribution is 0.176. The highest BCUT2D eigenvalue weighted by Gasteiger charge is 2.05. The minimum Gasteiger partial charge on any atom is -0.473 e. The van der Waals surface area contributed by atoms with Crippen LogP contribution in [0.25, 0.3) is 0 Å². The summed E-state index contributed by atoms with van der Waals surface area (Å²) in [5.74, 6) is 0.892. The van der Waals surface area contributed by atoms with E-state index in [1.165, 1.54) is 0 Å². The van der Waals surface area contributed by atoms with Crippen molar-refractivity contribution in [2.24, 2.45) is 0 Å². The van der Waals surface area contributed by atoms with Crippen LogP contribution in [0.3, 0.4) is 0 Å². The Morgan fingerprint density at radius 1 is 1.11 bits per heavy atom. The fraction of sp³-hybridized carbons (Fsp3) is 0.231. The first kappa shape index (κ1) is 14.1. The molecule has 0 bridgehead atoms. The van der Waals surface area contributed by atoms with E-state index in [1.807, 2.05) is 24.3 Å². The molecule has 0 N–H and O–H groups in total. The third-order valence-corrected chi connectivity index (χ3v) is 2.70. The number of methoxy groups -OCH3 is 1. The summed E-state index contributed by atoms with van der Waals surface area (Å²) in [6.07, 6.45) is 0. The zero-order valence-corrected chi connectivity index (χ0v) is 11.8. The second kappa shape index (κ2) is 6.70. The molecule has 0 atom stereocenters. The normalized spacial score (nSPS) is 10.5. The van der Waals surface area contributed by atoms with Gasteiger partial charge in [-0.25, -0.2) is 4.98 Å². The molecule has 0 amide bonds. The van der Waals surface area contributed by atoms with Crippen LogP contribution < -0.4 is 4.74 Å².